The standard InChI is InChI=1S/C18H20N2O3/c1-13-7-4-5-11-20(13)18(22)14-8-2-3-9-15(14)19-17(21)16-10-6-12-23-16/h2-3,6,8-10,12-13H,4-5,7,11H2,1H3,(H,19,21)/t13-/m0/s1. The molecule has 2 amide bonds. The maximum Gasteiger partial charge on any atom is 0.291 e. The lowest BCUT2D eigenvalue weighted by Crippen LogP contribution is -2.42. The fraction of sp³-hybridized carbons (Fsp3) is 0.333. The Balaban J connectivity index is 1.82. The van der Waals surface area contributed by atoms with Gasteiger partial charge in [0, 0.05) is 12.6 Å². The van der Waals surface area contributed by atoms with Crippen molar-refractivity contribution >= 4 is 17.5 Å². The summed E-state index contributed by atoms with van der Waals surface area (Å²) in [5, 5.41) is 2.77. The molecule has 0 bridgehead atoms. The second-order valence-electron chi connectivity index (χ2n) is 5.82. The number of benzene rings is 1. The molecule has 2 aromatic rings. The van der Waals surface area contributed by atoms with Crippen LogP contribution in [0.4, 0.5) is 5.69 Å². The number of para-hydroxylation sites is 1. The highest BCUT2D eigenvalue weighted by Crippen LogP contribution is 2.23. The molecule has 1 saturated heterocycles. The van der Waals surface area contributed by atoms with Crippen LogP contribution < -0.4 is 5.32 Å². The van der Waals surface area contributed by atoms with Crippen molar-refractivity contribution in [3.05, 3.63) is 54.0 Å². The van der Waals surface area contributed by atoms with E-state index in [1.807, 2.05) is 11.0 Å². The summed E-state index contributed by atoms with van der Waals surface area (Å²) >= 11 is 0. The van der Waals surface area contributed by atoms with Gasteiger partial charge in [0.15, 0.2) is 5.76 Å². The summed E-state index contributed by atoms with van der Waals surface area (Å²) < 4.78 is 5.09. The Morgan fingerprint density at radius 3 is 2.74 bits per heavy atom. The molecule has 1 aromatic carbocycles. The molecule has 0 radical (unpaired) electrons. The topological polar surface area (TPSA) is 62.6 Å². The van der Waals surface area contributed by atoms with Crippen molar-refractivity contribution in [1.29, 1.82) is 0 Å². The Bertz CT molecular complexity index is 694. The van der Waals surface area contributed by atoms with Crippen LogP contribution in [0.15, 0.2) is 47.1 Å². The molecule has 5 heteroatoms. The van der Waals surface area contributed by atoms with Crippen molar-refractivity contribution < 1.29 is 14.0 Å². The van der Waals surface area contributed by atoms with E-state index >= 15 is 0 Å². The number of amides is 2. The zero-order valence-electron chi connectivity index (χ0n) is 13.1. The van der Waals surface area contributed by atoms with Gasteiger partial charge in [-0.25, -0.2) is 0 Å². The number of likely N-dealkylation sites (tertiary alicyclic amines) is 1. The minimum atomic E-state index is -0.359. The summed E-state index contributed by atoms with van der Waals surface area (Å²) in [6.07, 6.45) is 4.65. The van der Waals surface area contributed by atoms with Gasteiger partial charge in [-0.3, -0.25) is 9.59 Å². The molecule has 1 aliphatic rings. The number of anilines is 1. The molecule has 0 unspecified atom stereocenters. The number of carbonyl (C=O) groups excluding carboxylic acids is 2. The third kappa shape index (κ3) is 3.28. The maximum atomic E-state index is 12.9. The van der Waals surface area contributed by atoms with E-state index in [1.165, 1.54) is 6.26 Å². The normalized spacial score (nSPS) is 17.8. The number of rotatable bonds is 3. The summed E-state index contributed by atoms with van der Waals surface area (Å²) in [6, 6.07) is 10.6. The van der Waals surface area contributed by atoms with Crippen LogP contribution in [0.25, 0.3) is 0 Å². The molecule has 1 aliphatic heterocycles. The summed E-state index contributed by atoms with van der Waals surface area (Å²) in [7, 11) is 0. The first-order valence-electron chi connectivity index (χ1n) is 7.91. The van der Waals surface area contributed by atoms with E-state index in [0.29, 0.717) is 11.3 Å². The molecule has 1 N–H and O–H groups in total. The number of nitrogens with zero attached hydrogens (tertiary/aromatic N) is 1. The second kappa shape index (κ2) is 6.69. The van der Waals surface area contributed by atoms with Crippen LogP contribution >= 0.6 is 0 Å². The van der Waals surface area contributed by atoms with Gasteiger partial charge in [-0.15, -0.1) is 0 Å². The highest BCUT2D eigenvalue weighted by Gasteiger charge is 2.26. The highest BCUT2D eigenvalue weighted by molar-refractivity contribution is 6.07. The zero-order valence-corrected chi connectivity index (χ0v) is 13.1. The first kappa shape index (κ1) is 15.3. The minimum Gasteiger partial charge on any atom is -0.459 e. The Morgan fingerprint density at radius 1 is 1.17 bits per heavy atom. The van der Waals surface area contributed by atoms with Crippen molar-refractivity contribution in [1.82, 2.24) is 4.90 Å². The number of carbonyl (C=O) groups is 2. The van der Waals surface area contributed by atoms with Crippen molar-refractivity contribution in [3.63, 3.8) is 0 Å². The van der Waals surface area contributed by atoms with Crippen molar-refractivity contribution in [3.8, 4) is 0 Å². The van der Waals surface area contributed by atoms with Crippen LogP contribution in [0.5, 0.6) is 0 Å². The van der Waals surface area contributed by atoms with E-state index in [4.69, 9.17) is 4.42 Å². The number of furan rings is 1. The fourth-order valence-corrected chi connectivity index (χ4v) is 2.92. The van der Waals surface area contributed by atoms with Gasteiger partial charge in [0.05, 0.1) is 17.5 Å². The molecule has 5 nitrogen and oxygen atoms in total. The van der Waals surface area contributed by atoms with Crippen molar-refractivity contribution in [2.24, 2.45) is 0 Å². The van der Waals surface area contributed by atoms with E-state index < -0.39 is 0 Å². The molecule has 120 valence electrons. The number of nitrogens with one attached hydrogen (secondary N) is 1. The lowest BCUT2D eigenvalue weighted by Gasteiger charge is -2.33. The van der Waals surface area contributed by atoms with Gasteiger partial charge in [-0.1, -0.05) is 12.1 Å². The smallest absolute Gasteiger partial charge is 0.291 e. The first-order chi connectivity index (χ1) is 11.2. The fourth-order valence-electron chi connectivity index (χ4n) is 2.92. The van der Waals surface area contributed by atoms with Crippen molar-refractivity contribution in [2.45, 2.75) is 32.2 Å². The van der Waals surface area contributed by atoms with E-state index in [0.717, 1.165) is 25.8 Å². The Morgan fingerprint density at radius 2 is 2.00 bits per heavy atom. The van der Waals surface area contributed by atoms with Gasteiger partial charge in [0.2, 0.25) is 0 Å². The summed E-state index contributed by atoms with van der Waals surface area (Å²) in [4.78, 5) is 26.9. The number of hydrogen-bond donors (Lipinski definition) is 1. The van der Waals surface area contributed by atoms with Gasteiger partial charge in [0.1, 0.15) is 0 Å². The second-order valence-corrected chi connectivity index (χ2v) is 5.82. The lowest BCUT2D eigenvalue weighted by atomic mass is 10.0. The van der Waals surface area contributed by atoms with E-state index in [9.17, 15) is 9.59 Å². The quantitative estimate of drug-likeness (QED) is 0.942. The molecule has 2 heterocycles. The lowest BCUT2D eigenvalue weighted by molar-refractivity contribution is 0.0636. The number of hydrogen-bond acceptors (Lipinski definition) is 3. The molecular formula is C18H20N2O3. The van der Waals surface area contributed by atoms with Crippen LogP contribution in [0, 0.1) is 0 Å². The Kier molecular flexibility index (Phi) is 4.46. The minimum absolute atomic E-state index is 0.0347. The van der Waals surface area contributed by atoms with E-state index in [1.54, 1.807) is 30.3 Å². The van der Waals surface area contributed by atoms with Crippen LogP contribution in [-0.4, -0.2) is 29.3 Å². The first-order valence-corrected chi connectivity index (χ1v) is 7.91. The summed E-state index contributed by atoms with van der Waals surface area (Å²) in [5.74, 6) is -0.173. The highest BCUT2D eigenvalue weighted by atomic mass is 16.3. The molecule has 0 spiro atoms. The van der Waals surface area contributed by atoms with Gasteiger partial charge < -0.3 is 14.6 Å². The van der Waals surface area contributed by atoms with Gasteiger partial charge in [0.25, 0.3) is 11.8 Å². The monoisotopic (exact) mass is 312 g/mol. The van der Waals surface area contributed by atoms with Crippen LogP contribution in [0.2, 0.25) is 0 Å². The van der Waals surface area contributed by atoms with Crippen LogP contribution in [0.3, 0.4) is 0 Å². The van der Waals surface area contributed by atoms with Crippen LogP contribution in [-0.2, 0) is 0 Å². The maximum absolute atomic E-state index is 12.9. The largest absolute Gasteiger partial charge is 0.459 e. The van der Waals surface area contributed by atoms with Crippen molar-refractivity contribution in [2.75, 3.05) is 11.9 Å². The zero-order chi connectivity index (χ0) is 16.2. The van der Waals surface area contributed by atoms with E-state index in [-0.39, 0.29) is 23.6 Å². The molecule has 3 rings (SSSR count). The third-order valence-corrected chi connectivity index (χ3v) is 4.21. The van der Waals surface area contributed by atoms with E-state index in [2.05, 4.69) is 12.2 Å². The predicted octanol–water partition coefficient (Wildman–Crippen LogP) is 3.55. The molecular weight excluding hydrogens is 292 g/mol. The molecule has 1 fully saturated rings. The van der Waals surface area contributed by atoms with Gasteiger partial charge in [-0.2, -0.15) is 0 Å². The van der Waals surface area contributed by atoms with Crippen LogP contribution in [0.1, 0.15) is 47.1 Å². The third-order valence-electron chi connectivity index (χ3n) is 4.21. The van der Waals surface area contributed by atoms with Gasteiger partial charge in [-0.05, 0) is 50.5 Å². The molecule has 0 aliphatic carbocycles. The molecule has 23 heavy (non-hydrogen) atoms. The average molecular weight is 312 g/mol. The molecule has 1 aromatic heterocycles. The number of piperidine rings is 1. The summed E-state index contributed by atoms with van der Waals surface area (Å²) in [5.41, 5.74) is 1.03. The molecule has 1 atom stereocenters. The molecule has 0 saturated carbocycles. The van der Waals surface area contributed by atoms with Gasteiger partial charge >= 0.3 is 0 Å². The summed E-state index contributed by atoms with van der Waals surface area (Å²) in [6.45, 7) is 2.83. The Hall–Kier alpha value is -2.56. The SMILES string of the molecule is C[C@H]1CCCCN1C(=O)c1ccccc1NC(=O)c1ccco1. The Labute approximate surface area is 135 Å². The average Bonchev–Trinajstić information content (AvgIpc) is 3.10. The predicted molar refractivity (Wildman–Crippen MR) is 87.5 cm³/mol.